The van der Waals surface area contributed by atoms with Crippen molar-refractivity contribution >= 4 is 17.7 Å². The molecule has 0 saturated heterocycles. The van der Waals surface area contributed by atoms with Gasteiger partial charge < -0.3 is 15.7 Å². The number of hydrogen-bond donors (Lipinski definition) is 3. The Morgan fingerprint density at radius 3 is 2.47 bits per heavy atom. The molecule has 1 fully saturated rings. The van der Waals surface area contributed by atoms with Crippen molar-refractivity contribution in [1.82, 2.24) is 5.32 Å². The zero-order valence-corrected chi connectivity index (χ0v) is 10.8. The summed E-state index contributed by atoms with van der Waals surface area (Å²) in [7, 11) is 0. The highest BCUT2D eigenvalue weighted by molar-refractivity contribution is 5.91. The minimum Gasteiger partial charge on any atom is -0.478 e. The molecule has 2 amide bonds. The molecule has 1 aromatic rings. The topological polar surface area (TPSA) is 78.4 Å². The van der Waals surface area contributed by atoms with Gasteiger partial charge in [-0.2, -0.15) is 0 Å². The lowest BCUT2D eigenvalue weighted by Gasteiger charge is -2.12. The summed E-state index contributed by atoms with van der Waals surface area (Å²) in [6.45, 7) is 2.81. The number of carbonyl (C=O) groups excluding carboxylic acids is 1. The molecule has 1 atom stereocenters. The van der Waals surface area contributed by atoms with Gasteiger partial charge in [0.15, 0.2) is 0 Å². The minimum absolute atomic E-state index is 0.202. The second kappa shape index (κ2) is 5.73. The van der Waals surface area contributed by atoms with Gasteiger partial charge >= 0.3 is 12.0 Å². The SMILES string of the molecule is CC(CNC(=O)Nc1ccc(C(=O)O)cc1)C1CC1. The Bertz CT molecular complexity index is 466. The molecule has 0 aliphatic heterocycles. The van der Waals surface area contributed by atoms with Crippen molar-refractivity contribution in [2.24, 2.45) is 11.8 Å². The zero-order chi connectivity index (χ0) is 13.8. The third-order valence-electron chi connectivity index (χ3n) is 3.40. The average molecular weight is 262 g/mol. The molecular weight excluding hydrogens is 244 g/mol. The molecule has 1 aliphatic carbocycles. The number of urea groups is 1. The van der Waals surface area contributed by atoms with Gasteiger partial charge in [-0.3, -0.25) is 0 Å². The van der Waals surface area contributed by atoms with Gasteiger partial charge in [0.25, 0.3) is 0 Å². The number of carboxylic acid groups (broad SMARTS) is 1. The maximum absolute atomic E-state index is 11.6. The summed E-state index contributed by atoms with van der Waals surface area (Å²) in [4.78, 5) is 22.3. The van der Waals surface area contributed by atoms with E-state index in [4.69, 9.17) is 5.11 Å². The van der Waals surface area contributed by atoms with Crippen molar-refractivity contribution in [3.63, 3.8) is 0 Å². The summed E-state index contributed by atoms with van der Waals surface area (Å²) in [5.74, 6) is 0.296. The molecule has 0 radical (unpaired) electrons. The fourth-order valence-electron chi connectivity index (χ4n) is 1.96. The van der Waals surface area contributed by atoms with Crippen LogP contribution in [0.25, 0.3) is 0 Å². The van der Waals surface area contributed by atoms with E-state index in [0.29, 0.717) is 18.2 Å². The van der Waals surface area contributed by atoms with Crippen molar-refractivity contribution in [1.29, 1.82) is 0 Å². The number of hydrogen-bond acceptors (Lipinski definition) is 2. The van der Waals surface area contributed by atoms with Crippen LogP contribution < -0.4 is 10.6 Å². The Kier molecular flexibility index (Phi) is 4.04. The molecule has 3 N–H and O–H groups in total. The molecule has 1 aliphatic rings. The monoisotopic (exact) mass is 262 g/mol. The Hall–Kier alpha value is -2.04. The van der Waals surface area contributed by atoms with Gasteiger partial charge in [0.2, 0.25) is 0 Å². The first-order valence-electron chi connectivity index (χ1n) is 6.44. The van der Waals surface area contributed by atoms with Crippen LogP contribution in [-0.4, -0.2) is 23.7 Å². The summed E-state index contributed by atoms with van der Waals surface area (Å²) < 4.78 is 0. The number of carboxylic acids is 1. The molecule has 0 bridgehead atoms. The van der Waals surface area contributed by atoms with Gasteiger partial charge in [-0.1, -0.05) is 6.92 Å². The number of anilines is 1. The number of aromatic carboxylic acids is 1. The Balaban J connectivity index is 1.79. The molecule has 1 unspecified atom stereocenters. The molecule has 19 heavy (non-hydrogen) atoms. The van der Waals surface area contributed by atoms with Crippen LogP contribution in [0.1, 0.15) is 30.1 Å². The largest absolute Gasteiger partial charge is 0.478 e. The minimum atomic E-state index is -0.978. The van der Waals surface area contributed by atoms with Crippen LogP contribution in [-0.2, 0) is 0 Å². The van der Waals surface area contributed by atoms with Crippen LogP contribution in [0.2, 0.25) is 0 Å². The third-order valence-corrected chi connectivity index (χ3v) is 3.40. The molecule has 0 spiro atoms. The first-order chi connectivity index (χ1) is 9.06. The van der Waals surface area contributed by atoms with E-state index in [-0.39, 0.29) is 11.6 Å². The van der Waals surface area contributed by atoms with E-state index in [9.17, 15) is 9.59 Å². The molecule has 5 nitrogen and oxygen atoms in total. The van der Waals surface area contributed by atoms with Gasteiger partial charge in [0, 0.05) is 12.2 Å². The van der Waals surface area contributed by atoms with E-state index >= 15 is 0 Å². The summed E-state index contributed by atoms with van der Waals surface area (Å²) in [5, 5.41) is 14.3. The number of carbonyl (C=O) groups is 2. The van der Waals surface area contributed by atoms with Gasteiger partial charge in [0.1, 0.15) is 0 Å². The third kappa shape index (κ3) is 3.98. The van der Waals surface area contributed by atoms with Crippen molar-refractivity contribution in [2.45, 2.75) is 19.8 Å². The van der Waals surface area contributed by atoms with Crippen molar-refractivity contribution < 1.29 is 14.7 Å². The van der Waals surface area contributed by atoms with Crippen molar-refractivity contribution in [3.8, 4) is 0 Å². The number of benzene rings is 1. The van der Waals surface area contributed by atoms with Gasteiger partial charge in [-0.05, 0) is 48.9 Å². The maximum atomic E-state index is 11.6. The van der Waals surface area contributed by atoms with E-state index in [2.05, 4.69) is 17.6 Å². The predicted octanol–water partition coefficient (Wildman–Crippen LogP) is 2.55. The fraction of sp³-hybridized carbons (Fsp3) is 0.429. The molecule has 102 valence electrons. The number of amides is 2. The molecule has 2 rings (SSSR count). The number of nitrogens with one attached hydrogen (secondary N) is 2. The summed E-state index contributed by atoms with van der Waals surface area (Å²) in [6.07, 6.45) is 2.53. The Labute approximate surface area is 112 Å². The van der Waals surface area contributed by atoms with Crippen LogP contribution in [0.4, 0.5) is 10.5 Å². The second-order valence-corrected chi connectivity index (χ2v) is 5.03. The fourth-order valence-corrected chi connectivity index (χ4v) is 1.96. The molecule has 1 saturated carbocycles. The van der Waals surface area contributed by atoms with E-state index in [1.165, 1.54) is 25.0 Å². The summed E-state index contributed by atoms with van der Waals surface area (Å²) in [5.41, 5.74) is 0.787. The average Bonchev–Trinajstić information content (AvgIpc) is 3.21. The quantitative estimate of drug-likeness (QED) is 0.763. The molecule has 0 heterocycles. The maximum Gasteiger partial charge on any atom is 0.335 e. The normalized spacial score (nSPS) is 15.6. The van der Waals surface area contributed by atoms with Gasteiger partial charge in [-0.25, -0.2) is 9.59 Å². The first-order valence-corrected chi connectivity index (χ1v) is 6.44. The molecule has 5 heteroatoms. The van der Waals surface area contributed by atoms with Crippen LogP contribution in [0, 0.1) is 11.8 Å². The number of rotatable bonds is 5. The van der Waals surface area contributed by atoms with E-state index in [1.54, 1.807) is 12.1 Å². The summed E-state index contributed by atoms with van der Waals surface area (Å²) in [6, 6.07) is 5.83. The molecule has 0 aromatic heterocycles. The van der Waals surface area contributed by atoms with Crippen LogP contribution in [0.3, 0.4) is 0 Å². The highest BCUT2D eigenvalue weighted by Gasteiger charge is 2.27. The zero-order valence-electron chi connectivity index (χ0n) is 10.8. The van der Waals surface area contributed by atoms with Crippen molar-refractivity contribution in [2.75, 3.05) is 11.9 Å². The van der Waals surface area contributed by atoms with Gasteiger partial charge in [0.05, 0.1) is 5.56 Å². The lowest BCUT2D eigenvalue weighted by Crippen LogP contribution is -2.32. The smallest absolute Gasteiger partial charge is 0.335 e. The first kappa shape index (κ1) is 13.4. The molecular formula is C14H18N2O3. The van der Waals surface area contributed by atoms with Crippen molar-refractivity contribution in [3.05, 3.63) is 29.8 Å². The molecule has 1 aromatic carbocycles. The highest BCUT2D eigenvalue weighted by Crippen LogP contribution is 2.36. The lowest BCUT2D eigenvalue weighted by atomic mass is 10.1. The Morgan fingerprint density at radius 2 is 1.95 bits per heavy atom. The van der Waals surface area contributed by atoms with Crippen LogP contribution in [0.5, 0.6) is 0 Å². The second-order valence-electron chi connectivity index (χ2n) is 5.03. The van der Waals surface area contributed by atoms with Crippen LogP contribution in [0.15, 0.2) is 24.3 Å². The Morgan fingerprint density at radius 1 is 1.32 bits per heavy atom. The predicted molar refractivity (Wildman–Crippen MR) is 72.3 cm³/mol. The van der Waals surface area contributed by atoms with Gasteiger partial charge in [-0.15, -0.1) is 0 Å². The standard InChI is InChI=1S/C14H18N2O3/c1-9(10-2-3-10)8-15-14(19)16-12-6-4-11(5-7-12)13(17)18/h4-7,9-10H,2-3,8H2,1H3,(H,17,18)(H2,15,16,19). The van der Waals surface area contributed by atoms with E-state index in [0.717, 1.165) is 5.92 Å². The lowest BCUT2D eigenvalue weighted by molar-refractivity contribution is 0.0697. The van der Waals surface area contributed by atoms with E-state index in [1.807, 2.05) is 0 Å². The van der Waals surface area contributed by atoms with Crippen LogP contribution >= 0.6 is 0 Å². The summed E-state index contributed by atoms with van der Waals surface area (Å²) >= 11 is 0. The van der Waals surface area contributed by atoms with E-state index < -0.39 is 5.97 Å². The highest BCUT2D eigenvalue weighted by atomic mass is 16.4.